The molecule has 0 saturated heterocycles. The first-order valence-corrected chi connectivity index (χ1v) is 10.2. The fraction of sp³-hybridized carbons (Fsp3) is 0.235. The Hall–Kier alpha value is -2.36. The van der Waals surface area contributed by atoms with E-state index in [-0.39, 0.29) is 16.6 Å². The second-order valence-corrected chi connectivity index (χ2v) is 8.84. The van der Waals surface area contributed by atoms with Gasteiger partial charge in [0.25, 0.3) is 5.69 Å². The summed E-state index contributed by atoms with van der Waals surface area (Å²) < 4.78 is 28.7. The number of aryl methyl sites for hydroxylation is 1. The van der Waals surface area contributed by atoms with Gasteiger partial charge in [-0.1, -0.05) is 12.1 Å². The molecule has 3 rings (SSSR count). The van der Waals surface area contributed by atoms with Crippen molar-refractivity contribution in [3.63, 3.8) is 0 Å². The van der Waals surface area contributed by atoms with Gasteiger partial charge in [-0.2, -0.15) is 0 Å². The van der Waals surface area contributed by atoms with Gasteiger partial charge in [0.1, 0.15) is 0 Å². The number of nitrogens with zero attached hydrogens (tertiary/aromatic N) is 2. The number of nitrogens with one attached hydrogen (secondary N) is 1. The Bertz CT molecular complexity index is 1040. The highest BCUT2D eigenvalue weighted by Gasteiger charge is 2.21. The third-order valence-corrected chi connectivity index (χ3v) is 6.50. The molecule has 0 aliphatic heterocycles. The topological polar surface area (TPSA) is 102 Å². The van der Waals surface area contributed by atoms with Crippen molar-refractivity contribution in [2.75, 3.05) is 0 Å². The minimum absolute atomic E-state index is 0.0109. The monoisotopic (exact) mass is 391 g/mol. The molecule has 9 heteroatoms. The molecule has 1 atom stereocenters. The van der Waals surface area contributed by atoms with Gasteiger partial charge in [0.05, 0.1) is 25.0 Å². The number of nitro benzene ring substituents is 1. The molecule has 136 valence electrons. The lowest BCUT2D eigenvalue weighted by Crippen LogP contribution is -2.34. The summed E-state index contributed by atoms with van der Waals surface area (Å²) in [7, 11) is -3.77. The van der Waals surface area contributed by atoms with Crippen molar-refractivity contribution < 1.29 is 13.3 Å². The molecule has 3 aromatic rings. The van der Waals surface area contributed by atoms with E-state index >= 15 is 0 Å². The highest BCUT2D eigenvalue weighted by molar-refractivity contribution is 7.89. The average molecular weight is 391 g/mol. The van der Waals surface area contributed by atoms with E-state index in [1.54, 1.807) is 6.92 Å². The average Bonchev–Trinajstić information content (AvgIpc) is 2.95. The quantitative estimate of drug-likeness (QED) is 0.512. The molecule has 0 aliphatic carbocycles. The van der Waals surface area contributed by atoms with Gasteiger partial charge >= 0.3 is 0 Å². The van der Waals surface area contributed by atoms with Crippen LogP contribution in [0.1, 0.15) is 17.5 Å². The van der Waals surface area contributed by atoms with Crippen LogP contribution in [0.5, 0.6) is 0 Å². The van der Waals surface area contributed by atoms with Gasteiger partial charge in [-0.25, -0.2) is 18.1 Å². The summed E-state index contributed by atoms with van der Waals surface area (Å²) in [5, 5.41) is 11.7. The van der Waals surface area contributed by atoms with Gasteiger partial charge in [0.15, 0.2) is 0 Å². The van der Waals surface area contributed by atoms with Crippen molar-refractivity contribution in [2.24, 2.45) is 0 Å². The zero-order valence-electron chi connectivity index (χ0n) is 14.2. The Morgan fingerprint density at radius 3 is 2.65 bits per heavy atom. The van der Waals surface area contributed by atoms with Gasteiger partial charge in [-0.3, -0.25) is 10.1 Å². The third kappa shape index (κ3) is 3.90. The highest BCUT2D eigenvalue weighted by atomic mass is 32.2. The van der Waals surface area contributed by atoms with Crippen LogP contribution in [0.15, 0.2) is 47.4 Å². The molecule has 0 spiro atoms. The lowest BCUT2D eigenvalue weighted by atomic mass is 10.2. The zero-order chi connectivity index (χ0) is 18.9. The number of thiazole rings is 1. The largest absolute Gasteiger partial charge is 0.272 e. The molecule has 0 aliphatic rings. The van der Waals surface area contributed by atoms with Gasteiger partial charge in [-0.15, -0.1) is 11.3 Å². The number of rotatable bonds is 6. The summed E-state index contributed by atoms with van der Waals surface area (Å²) in [6, 6.07) is 11.2. The van der Waals surface area contributed by atoms with E-state index < -0.39 is 14.9 Å². The van der Waals surface area contributed by atoms with E-state index in [9.17, 15) is 18.5 Å². The molecular formula is C17H17N3O4S2. The number of para-hydroxylation sites is 1. The lowest BCUT2D eigenvalue weighted by molar-refractivity contribution is -0.385. The molecule has 0 bridgehead atoms. The number of aromatic nitrogens is 1. The minimum Gasteiger partial charge on any atom is -0.258 e. The molecule has 2 aromatic carbocycles. The van der Waals surface area contributed by atoms with Crippen LogP contribution in [-0.4, -0.2) is 24.4 Å². The van der Waals surface area contributed by atoms with Crippen LogP contribution in [0.25, 0.3) is 10.2 Å². The number of benzene rings is 2. The summed E-state index contributed by atoms with van der Waals surface area (Å²) >= 11 is 1.53. The van der Waals surface area contributed by atoms with Crippen LogP contribution >= 0.6 is 11.3 Å². The van der Waals surface area contributed by atoms with Crippen LogP contribution in [0.2, 0.25) is 0 Å². The van der Waals surface area contributed by atoms with Gasteiger partial charge < -0.3 is 0 Å². The fourth-order valence-corrected chi connectivity index (χ4v) is 5.07. The summed E-state index contributed by atoms with van der Waals surface area (Å²) in [5.41, 5.74) is 1.09. The molecule has 0 amide bonds. The van der Waals surface area contributed by atoms with Gasteiger partial charge in [0.2, 0.25) is 10.0 Å². The van der Waals surface area contributed by atoms with Crippen LogP contribution in [-0.2, 0) is 16.4 Å². The Morgan fingerprint density at radius 2 is 2.00 bits per heavy atom. The summed E-state index contributed by atoms with van der Waals surface area (Å²) in [4.78, 5) is 14.9. The standard InChI is InChI=1S/C17H17N3O4S2/c1-11-9-13(7-8-15(11)20(21)22)26(23,24)19-12(2)10-17-18-14-5-3-4-6-16(14)25-17/h3-9,12,19H,10H2,1-2H3. The molecule has 26 heavy (non-hydrogen) atoms. The summed E-state index contributed by atoms with van der Waals surface area (Å²) in [6.07, 6.45) is 0.463. The maximum Gasteiger partial charge on any atom is 0.272 e. The molecule has 1 N–H and O–H groups in total. The second kappa shape index (κ2) is 7.10. The molecule has 7 nitrogen and oxygen atoms in total. The smallest absolute Gasteiger partial charge is 0.258 e. The SMILES string of the molecule is Cc1cc(S(=O)(=O)NC(C)Cc2nc3ccccc3s2)ccc1[N+](=O)[O-]. The van der Waals surface area contributed by atoms with Gasteiger partial charge in [0, 0.05) is 24.1 Å². The van der Waals surface area contributed by atoms with Crippen molar-refractivity contribution in [3.8, 4) is 0 Å². The van der Waals surface area contributed by atoms with Crippen molar-refractivity contribution in [1.82, 2.24) is 9.71 Å². The van der Waals surface area contributed by atoms with Crippen molar-refractivity contribution >= 4 is 37.3 Å². The normalized spacial score (nSPS) is 13.0. The summed E-state index contributed by atoms with van der Waals surface area (Å²) in [6.45, 7) is 3.28. The first kappa shape index (κ1) is 18.4. The van der Waals surface area contributed by atoms with Crippen LogP contribution in [0.3, 0.4) is 0 Å². The fourth-order valence-electron chi connectivity index (χ4n) is 2.64. The first-order valence-electron chi connectivity index (χ1n) is 7.88. The Kier molecular flexibility index (Phi) is 5.03. The van der Waals surface area contributed by atoms with Crippen LogP contribution in [0, 0.1) is 17.0 Å². The van der Waals surface area contributed by atoms with Crippen LogP contribution < -0.4 is 4.72 Å². The van der Waals surface area contributed by atoms with E-state index in [2.05, 4.69) is 9.71 Å². The molecule has 1 heterocycles. The molecule has 0 saturated carbocycles. The lowest BCUT2D eigenvalue weighted by Gasteiger charge is -2.13. The Labute approximate surface area is 154 Å². The van der Waals surface area contributed by atoms with E-state index in [1.807, 2.05) is 24.3 Å². The zero-order valence-corrected chi connectivity index (χ0v) is 15.8. The van der Waals surface area contributed by atoms with Crippen molar-refractivity contribution in [2.45, 2.75) is 31.2 Å². The Balaban J connectivity index is 1.76. The van der Waals surface area contributed by atoms with E-state index in [0.717, 1.165) is 15.2 Å². The molecule has 0 radical (unpaired) electrons. The Morgan fingerprint density at radius 1 is 1.27 bits per heavy atom. The number of hydrogen-bond donors (Lipinski definition) is 1. The molecule has 1 aromatic heterocycles. The maximum atomic E-state index is 12.5. The van der Waals surface area contributed by atoms with E-state index in [0.29, 0.717) is 12.0 Å². The number of fused-ring (bicyclic) bond motifs is 1. The summed E-state index contributed by atoms with van der Waals surface area (Å²) in [5.74, 6) is 0. The number of sulfonamides is 1. The second-order valence-electron chi connectivity index (χ2n) is 6.01. The first-order chi connectivity index (χ1) is 12.3. The maximum absolute atomic E-state index is 12.5. The van der Waals surface area contributed by atoms with Crippen molar-refractivity contribution in [1.29, 1.82) is 0 Å². The molecule has 0 fully saturated rings. The van der Waals surface area contributed by atoms with Gasteiger partial charge in [-0.05, 0) is 38.1 Å². The van der Waals surface area contributed by atoms with E-state index in [1.165, 1.54) is 36.5 Å². The number of hydrogen-bond acceptors (Lipinski definition) is 6. The molecule has 1 unspecified atom stereocenters. The van der Waals surface area contributed by atoms with Crippen LogP contribution in [0.4, 0.5) is 5.69 Å². The third-order valence-electron chi connectivity index (χ3n) is 3.85. The minimum atomic E-state index is -3.77. The predicted molar refractivity (Wildman–Crippen MR) is 101 cm³/mol. The highest BCUT2D eigenvalue weighted by Crippen LogP contribution is 2.24. The predicted octanol–water partition coefficient (Wildman–Crippen LogP) is 3.42. The number of nitro groups is 1. The van der Waals surface area contributed by atoms with Crippen molar-refractivity contribution in [3.05, 3.63) is 63.1 Å². The van der Waals surface area contributed by atoms with E-state index in [4.69, 9.17) is 0 Å². The molecular weight excluding hydrogens is 374 g/mol.